The number of anilines is 1. The van der Waals surface area contributed by atoms with Crippen molar-refractivity contribution in [3.05, 3.63) is 51.8 Å². The number of nitrogen functional groups attached to an aromatic ring is 1. The molecule has 5 heteroatoms. The van der Waals surface area contributed by atoms with Crippen molar-refractivity contribution in [1.29, 1.82) is 0 Å². The fraction of sp³-hybridized carbons (Fsp3) is 0.188. The highest BCUT2D eigenvalue weighted by Crippen LogP contribution is 2.34. The van der Waals surface area contributed by atoms with Gasteiger partial charge in [0.15, 0.2) is 17.3 Å². The van der Waals surface area contributed by atoms with Crippen molar-refractivity contribution in [2.24, 2.45) is 0 Å². The molecule has 0 amide bonds. The van der Waals surface area contributed by atoms with E-state index in [4.69, 9.17) is 22.1 Å². The van der Waals surface area contributed by atoms with Gasteiger partial charge in [-0.1, -0.05) is 17.7 Å². The molecule has 2 aromatic rings. The van der Waals surface area contributed by atoms with Gasteiger partial charge in [-0.3, -0.25) is 4.79 Å². The number of ether oxygens (including phenoxy) is 1. The molecular weight excluding hydrogens is 293 g/mol. The van der Waals surface area contributed by atoms with Gasteiger partial charge >= 0.3 is 0 Å². The Morgan fingerprint density at radius 2 is 1.90 bits per heavy atom. The van der Waals surface area contributed by atoms with E-state index in [1.165, 1.54) is 19.1 Å². The lowest BCUT2D eigenvalue weighted by molar-refractivity contribution is 0.101. The van der Waals surface area contributed by atoms with Gasteiger partial charge in [-0.05, 0) is 38.5 Å². The summed E-state index contributed by atoms with van der Waals surface area (Å²) in [6.07, 6.45) is 0. The van der Waals surface area contributed by atoms with Crippen LogP contribution in [0.25, 0.3) is 0 Å². The standard InChI is InChI=1S/C16H15ClFNO2/c1-8-4-5-13(9(2)15(8)10(3)20)21-14-7-11(17)6-12(19)16(14)18/h4-7H,19H2,1-3H3. The summed E-state index contributed by atoms with van der Waals surface area (Å²) in [4.78, 5) is 11.7. The highest BCUT2D eigenvalue weighted by Gasteiger charge is 2.15. The predicted molar refractivity (Wildman–Crippen MR) is 81.8 cm³/mol. The third-order valence-electron chi connectivity index (χ3n) is 3.23. The predicted octanol–water partition coefficient (Wildman–Crippen LogP) is 4.67. The van der Waals surface area contributed by atoms with E-state index in [0.29, 0.717) is 16.9 Å². The minimum atomic E-state index is -0.677. The third-order valence-corrected chi connectivity index (χ3v) is 3.45. The van der Waals surface area contributed by atoms with Gasteiger partial charge in [0.2, 0.25) is 0 Å². The quantitative estimate of drug-likeness (QED) is 0.662. The van der Waals surface area contributed by atoms with Crippen LogP contribution in [0.15, 0.2) is 24.3 Å². The van der Waals surface area contributed by atoms with E-state index >= 15 is 0 Å². The third kappa shape index (κ3) is 3.00. The number of hydrogen-bond acceptors (Lipinski definition) is 3. The second kappa shape index (κ2) is 5.74. The minimum Gasteiger partial charge on any atom is -0.454 e. The SMILES string of the molecule is CC(=O)c1c(C)ccc(Oc2cc(Cl)cc(N)c2F)c1C. The Kier molecular flexibility index (Phi) is 4.19. The van der Waals surface area contributed by atoms with E-state index in [9.17, 15) is 9.18 Å². The molecule has 0 atom stereocenters. The number of halogens is 2. The lowest BCUT2D eigenvalue weighted by atomic mass is 9.99. The second-order valence-electron chi connectivity index (χ2n) is 4.85. The second-order valence-corrected chi connectivity index (χ2v) is 5.28. The molecule has 0 bridgehead atoms. The number of Topliss-reactive ketones (excluding diaryl/α,β-unsaturated/α-hetero) is 1. The normalized spacial score (nSPS) is 10.5. The maximum absolute atomic E-state index is 14.0. The molecular formula is C16H15ClFNO2. The first-order chi connectivity index (χ1) is 9.81. The largest absolute Gasteiger partial charge is 0.454 e. The van der Waals surface area contributed by atoms with E-state index in [1.54, 1.807) is 19.1 Å². The molecule has 0 aliphatic heterocycles. The fourth-order valence-electron chi connectivity index (χ4n) is 2.26. The highest BCUT2D eigenvalue weighted by atomic mass is 35.5. The van der Waals surface area contributed by atoms with Crippen LogP contribution in [0.1, 0.15) is 28.4 Å². The van der Waals surface area contributed by atoms with Crippen molar-refractivity contribution in [3.63, 3.8) is 0 Å². The molecule has 0 saturated heterocycles. The molecule has 110 valence electrons. The van der Waals surface area contributed by atoms with Crippen LogP contribution >= 0.6 is 11.6 Å². The molecule has 3 nitrogen and oxygen atoms in total. The molecule has 0 saturated carbocycles. The summed E-state index contributed by atoms with van der Waals surface area (Å²) < 4.78 is 19.5. The maximum Gasteiger partial charge on any atom is 0.188 e. The van der Waals surface area contributed by atoms with Crippen LogP contribution in [0.4, 0.5) is 10.1 Å². The Morgan fingerprint density at radius 1 is 1.24 bits per heavy atom. The lowest BCUT2D eigenvalue weighted by Crippen LogP contribution is -2.02. The Bertz CT molecular complexity index is 729. The molecule has 0 unspecified atom stereocenters. The van der Waals surface area contributed by atoms with Crippen molar-refractivity contribution in [2.45, 2.75) is 20.8 Å². The van der Waals surface area contributed by atoms with Gasteiger partial charge < -0.3 is 10.5 Å². The number of hydrogen-bond donors (Lipinski definition) is 1. The maximum atomic E-state index is 14.0. The van der Waals surface area contributed by atoms with Gasteiger partial charge in [0.1, 0.15) is 5.75 Å². The number of ketones is 1. The minimum absolute atomic E-state index is 0.0680. The van der Waals surface area contributed by atoms with Gasteiger partial charge in [-0.25, -0.2) is 4.39 Å². The van der Waals surface area contributed by atoms with E-state index < -0.39 is 5.82 Å². The van der Waals surface area contributed by atoms with Crippen molar-refractivity contribution in [2.75, 3.05) is 5.73 Å². The summed E-state index contributed by atoms with van der Waals surface area (Å²) in [6.45, 7) is 5.08. The number of aryl methyl sites for hydroxylation is 1. The van der Waals surface area contributed by atoms with E-state index in [0.717, 1.165) is 5.56 Å². The molecule has 2 N–H and O–H groups in total. The van der Waals surface area contributed by atoms with Crippen LogP contribution in [0, 0.1) is 19.7 Å². The lowest BCUT2D eigenvalue weighted by Gasteiger charge is -2.14. The van der Waals surface area contributed by atoms with Crippen molar-refractivity contribution >= 4 is 23.1 Å². The highest BCUT2D eigenvalue weighted by molar-refractivity contribution is 6.31. The van der Waals surface area contributed by atoms with Crippen LogP contribution in [-0.4, -0.2) is 5.78 Å². The zero-order valence-corrected chi connectivity index (χ0v) is 12.7. The van der Waals surface area contributed by atoms with Crippen LogP contribution in [0.3, 0.4) is 0 Å². The summed E-state index contributed by atoms with van der Waals surface area (Å²) >= 11 is 5.85. The first kappa shape index (κ1) is 15.3. The zero-order valence-electron chi connectivity index (χ0n) is 12.0. The molecule has 0 aromatic heterocycles. The van der Waals surface area contributed by atoms with Crippen LogP contribution in [0.2, 0.25) is 5.02 Å². The summed E-state index contributed by atoms with van der Waals surface area (Å²) in [5, 5.41) is 0.278. The van der Waals surface area contributed by atoms with E-state index in [2.05, 4.69) is 0 Å². The molecule has 0 spiro atoms. The first-order valence-corrected chi connectivity index (χ1v) is 6.72. The summed E-state index contributed by atoms with van der Waals surface area (Å²) in [7, 11) is 0. The topological polar surface area (TPSA) is 52.3 Å². The van der Waals surface area contributed by atoms with Gasteiger partial charge in [-0.2, -0.15) is 0 Å². The van der Waals surface area contributed by atoms with Crippen molar-refractivity contribution in [3.8, 4) is 11.5 Å². The molecule has 2 rings (SSSR count). The molecule has 0 radical (unpaired) electrons. The smallest absolute Gasteiger partial charge is 0.188 e. The molecule has 0 heterocycles. The van der Waals surface area contributed by atoms with Crippen molar-refractivity contribution in [1.82, 2.24) is 0 Å². The Hall–Kier alpha value is -2.07. The zero-order chi connectivity index (χ0) is 15.7. The average molecular weight is 308 g/mol. The molecule has 0 aliphatic rings. The molecule has 21 heavy (non-hydrogen) atoms. The van der Waals surface area contributed by atoms with Gasteiger partial charge in [0.25, 0.3) is 0 Å². The van der Waals surface area contributed by atoms with Gasteiger partial charge in [0, 0.05) is 22.2 Å². The van der Waals surface area contributed by atoms with Crippen LogP contribution in [0.5, 0.6) is 11.5 Å². The number of nitrogens with two attached hydrogens (primary N) is 1. The van der Waals surface area contributed by atoms with Crippen molar-refractivity contribution < 1.29 is 13.9 Å². The molecule has 0 fully saturated rings. The Labute approximate surface area is 127 Å². The summed E-state index contributed by atoms with van der Waals surface area (Å²) in [5.41, 5.74) is 7.50. The van der Waals surface area contributed by atoms with Gasteiger partial charge in [0.05, 0.1) is 5.69 Å². The van der Waals surface area contributed by atoms with Gasteiger partial charge in [-0.15, -0.1) is 0 Å². The van der Waals surface area contributed by atoms with E-state index in [1.807, 2.05) is 6.92 Å². The Balaban J connectivity index is 2.51. The monoisotopic (exact) mass is 307 g/mol. The number of carbonyl (C=O) groups excluding carboxylic acids is 1. The molecule has 0 aliphatic carbocycles. The molecule has 2 aromatic carbocycles. The average Bonchev–Trinajstić information content (AvgIpc) is 2.38. The number of benzene rings is 2. The number of rotatable bonds is 3. The Morgan fingerprint density at radius 3 is 2.52 bits per heavy atom. The van der Waals surface area contributed by atoms with E-state index in [-0.39, 0.29) is 22.2 Å². The summed E-state index contributed by atoms with van der Waals surface area (Å²) in [5.74, 6) is -0.418. The van der Waals surface area contributed by atoms with Crippen LogP contribution < -0.4 is 10.5 Å². The fourth-order valence-corrected chi connectivity index (χ4v) is 2.47. The number of carbonyl (C=O) groups is 1. The van der Waals surface area contributed by atoms with Crippen LogP contribution in [-0.2, 0) is 0 Å². The first-order valence-electron chi connectivity index (χ1n) is 6.34. The summed E-state index contributed by atoms with van der Waals surface area (Å²) in [6, 6.07) is 6.10.